The third-order valence-electron chi connectivity index (χ3n) is 2.92. The van der Waals surface area contributed by atoms with Gasteiger partial charge in [-0.1, -0.05) is 74.3 Å². The van der Waals surface area contributed by atoms with E-state index in [2.05, 4.69) is 37.9 Å². The van der Waals surface area contributed by atoms with Gasteiger partial charge in [-0.05, 0) is 17.7 Å². The second-order valence-corrected chi connectivity index (χ2v) is 6.24. The molecule has 0 N–H and O–H groups in total. The van der Waals surface area contributed by atoms with Crippen molar-refractivity contribution in [1.29, 1.82) is 5.26 Å². The molecular formula is C16H11Br2NO. The highest BCUT2D eigenvalue weighted by Gasteiger charge is 2.25. The number of nitrogens with zero attached hydrogens (tertiary/aromatic N) is 1. The smallest absolute Gasteiger partial charge is 0.177 e. The van der Waals surface area contributed by atoms with E-state index in [-0.39, 0.29) is 15.4 Å². The van der Waals surface area contributed by atoms with Gasteiger partial charge in [0.1, 0.15) is 0 Å². The minimum atomic E-state index is -0.363. The zero-order valence-corrected chi connectivity index (χ0v) is 13.6. The second kappa shape index (κ2) is 6.83. The Balaban J connectivity index is 2.17. The van der Waals surface area contributed by atoms with Crippen molar-refractivity contribution < 1.29 is 4.79 Å². The number of carbonyl (C=O) groups is 1. The fourth-order valence-electron chi connectivity index (χ4n) is 1.81. The highest BCUT2D eigenvalue weighted by Crippen LogP contribution is 2.33. The molecule has 0 aromatic heterocycles. The minimum Gasteiger partial charge on any atom is -0.293 e. The first kappa shape index (κ1) is 15.0. The Labute approximate surface area is 134 Å². The van der Waals surface area contributed by atoms with Crippen LogP contribution in [0.25, 0.3) is 0 Å². The number of rotatable bonds is 4. The Hall–Kier alpha value is -1.44. The van der Waals surface area contributed by atoms with Crippen LogP contribution in [0.2, 0.25) is 0 Å². The summed E-state index contributed by atoms with van der Waals surface area (Å²) in [6.45, 7) is 0. The molecule has 0 aliphatic rings. The summed E-state index contributed by atoms with van der Waals surface area (Å²) < 4.78 is 0. The van der Waals surface area contributed by atoms with Gasteiger partial charge in [0.2, 0.25) is 0 Å². The van der Waals surface area contributed by atoms with Crippen LogP contribution in [0.1, 0.15) is 26.3 Å². The maximum absolute atomic E-state index is 12.4. The van der Waals surface area contributed by atoms with Crippen LogP contribution in [0, 0.1) is 11.3 Å². The molecule has 0 saturated carbocycles. The molecule has 0 spiro atoms. The average molecular weight is 393 g/mol. The molecule has 0 fully saturated rings. The topological polar surface area (TPSA) is 40.9 Å². The lowest BCUT2D eigenvalue weighted by Gasteiger charge is -2.16. The monoisotopic (exact) mass is 391 g/mol. The van der Waals surface area contributed by atoms with Crippen LogP contribution in [-0.4, -0.2) is 10.6 Å². The van der Waals surface area contributed by atoms with Crippen LogP contribution < -0.4 is 0 Å². The van der Waals surface area contributed by atoms with E-state index in [9.17, 15) is 4.79 Å². The van der Waals surface area contributed by atoms with Crippen molar-refractivity contribution in [1.82, 2.24) is 0 Å². The van der Waals surface area contributed by atoms with Crippen molar-refractivity contribution in [3.8, 4) is 6.07 Å². The summed E-state index contributed by atoms with van der Waals surface area (Å²) >= 11 is 7.00. The summed E-state index contributed by atoms with van der Waals surface area (Å²) in [7, 11) is 0. The molecule has 0 amide bonds. The van der Waals surface area contributed by atoms with E-state index in [1.165, 1.54) is 0 Å². The van der Waals surface area contributed by atoms with Gasteiger partial charge in [-0.2, -0.15) is 5.26 Å². The zero-order valence-electron chi connectivity index (χ0n) is 10.5. The summed E-state index contributed by atoms with van der Waals surface area (Å²) in [5.41, 5.74) is 2.23. The van der Waals surface area contributed by atoms with Crippen LogP contribution in [-0.2, 0) is 0 Å². The molecule has 100 valence electrons. The van der Waals surface area contributed by atoms with Crippen molar-refractivity contribution in [2.75, 3.05) is 0 Å². The zero-order chi connectivity index (χ0) is 14.5. The summed E-state index contributed by atoms with van der Waals surface area (Å²) in [6.07, 6.45) is 0. The molecule has 0 radical (unpaired) electrons. The number of alkyl halides is 2. The van der Waals surface area contributed by atoms with Crippen LogP contribution in [0.5, 0.6) is 0 Å². The molecular weight excluding hydrogens is 382 g/mol. The molecule has 4 heteroatoms. The average Bonchev–Trinajstić information content (AvgIpc) is 2.53. The molecule has 2 unspecified atom stereocenters. The van der Waals surface area contributed by atoms with Crippen LogP contribution in [0.3, 0.4) is 0 Å². The number of ketones is 1. The van der Waals surface area contributed by atoms with E-state index in [0.717, 1.165) is 5.56 Å². The van der Waals surface area contributed by atoms with Crippen molar-refractivity contribution in [3.63, 3.8) is 0 Å². The van der Waals surface area contributed by atoms with Crippen LogP contribution in [0.4, 0.5) is 0 Å². The first-order chi connectivity index (χ1) is 9.63. The predicted molar refractivity (Wildman–Crippen MR) is 86.3 cm³/mol. The molecule has 2 aromatic rings. The van der Waals surface area contributed by atoms with Gasteiger partial charge in [0.15, 0.2) is 5.78 Å². The Kier molecular flexibility index (Phi) is 5.11. The molecule has 0 heterocycles. The summed E-state index contributed by atoms with van der Waals surface area (Å²) in [4.78, 5) is 11.8. The minimum absolute atomic E-state index is 0.0248. The number of carbonyl (C=O) groups excluding carboxylic acids is 1. The van der Waals surface area contributed by atoms with E-state index in [1.807, 2.05) is 30.3 Å². The van der Waals surface area contributed by atoms with E-state index in [4.69, 9.17) is 5.26 Å². The van der Waals surface area contributed by atoms with Crippen LogP contribution >= 0.6 is 31.9 Å². The fraction of sp³-hybridized carbons (Fsp3) is 0.125. The second-order valence-electron chi connectivity index (χ2n) is 4.27. The van der Waals surface area contributed by atoms with E-state index in [1.54, 1.807) is 24.3 Å². The molecule has 2 aromatic carbocycles. The van der Waals surface area contributed by atoms with Crippen molar-refractivity contribution in [3.05, 3.63) is 71.3 Å². The Morgan fingerprint density at radius 1 is 1.00 bits per heavy atom. The lowest BCUT2D eigenvalue weighted by Crippen LogP contribution is -2.19. The van der Waals surface area contributed by atoms with Gasteiger partial charge in [0.05, 0.1) is 21.3 Å². The van der Waals surface area contributed by atoms with E-state index < -0.39 is 0 Å². The summed E-state index contributed by atoms with van der Waals surface area (Å²) in [5.74, 6) is 0.0248. The lowest BCUT2D eigenvalue weighted by molar-refractivity contribution is 0.0991. The van der Waals surface area contributed by atoms with Gasteiger partial charge in [-0.15, -0.1) is 0 Å². The lowest BCUT2D eigenvalue weighted by atomic mass is 10.0. The van der Waals surface area contributed by atoms with Gasteiger partial charge in [0.25, 0.3) is 0 Å². The summed E-state index contributed by atoms with van der Waals surface area (Å²) in [6, 6.07) is 18.4. The molecule has 0 aliphatic carbocycles. The Morgan fingerprint density at radius 3 is 2.15 bits per heavy atom. The van der Waals surface area contributed by atoms with Crippen molar-refractivity contribution >= 4 is 37.6 Å². The van der Waals surface area contributed by atoms with E-state index in [0.29, 0.717) is 11.1 Å². The van der Waals surface area contributed by atoms with Crippen molar-refractivity contribution in [2.45, 2.75) is 9.65 Å². The van der Waals surface area contributed by atoms with Gasteiger partial charge in [0, 0.05) is 5.56 Å². The third kappa shape index (κ3) is 3.36. The summed E-state index contributed by atoms with van der Waals surface area (Å²) in [5, 5.41) is 8.79. The van der Waals surface area contributed by atoms with Gasteiger partial charge in [-0.25, -0.2) is 0 Å². The number of halogens is 2. The van der Waals surface area contributed by atoms with Crippen molar-refractivity contribution in [2.24, 2.45) is 0 Å². The molecule has 20 heavy (non-hydrogen) atoms. The standard InChI is InChI=1S/C16H11Br2NO/c17-14(12-8-6-11(10-19)7-9-12)15(18)16(20)13-4-2-1-3-5-13/h1-9,14-15H. The largest absolute Gasteiger partial charge is 0.293 e. The first-order valence-corrected chi connectivity index (χ1v) is 7.84. The van der Waals surface area contributed by atoms with Gasteiger partial charge >= 0.3 is 0 Å². The molecule has 0 aliphatic heterocycles. The quantitative estimate of drug-likeness (QED) is 0.561. The Bertz CT molecular complexity index is 632. The molecule has 2 nitrogen and oxygen atoms in total. The Morgan fingerprint density at radius 2 is 1.60 bits per heavy atom. The number of Topliss-reactive ketones (excluding diaryl/α,β-unsaturated/α-hetero) is 1. The predicted octanol–water partition coefficient (Wildman–Crippen LogP) is 4.64. The number of nitriles is 1. The highest BCUT2D eigenvalue weighted by atomic mass is 79.9. The maximum atomic E-state index is 12.4. The van der Waals surface area contributed by atoms with E-state index >= 15 is 0 Å². The fourth-order valence-corrected chi connectivity index (χ4v) is 2.92. The SMILES string of the molecule is N#Cc1ccc(C(Br)C(Br)C(=O)c2ccccc2)cc1. The molecule has 0 saturated heterocycles. The molecule has 0 bridgehead atoms. The maximum Gasteiger partial charge on any atom is 0.177 e. The number of benzene rings is 2. The highest BCUT2D eigenvalue weighted by molar-refractivity contribution is 9.12. The van der Waals surface area contributed by atoms with Gasteiger partial charge < -0.3 is 0 Å². The first-order valence-electron chi connectivity index (χ1n) is 6.01. The normalized spacial score (nSPS) is 13.2. The number of hydrogen-bond acceptors (Lipinski definition) is 2. The molecule has 2 rings (SSSR count). The number of hydrogen-bond donors (Lipinski definition) is 0. The third-order valence-corrected chi connectivity index (χ3v) is 5.64. The van der Waals surface area contributed by atoms with Gasteiger partial charge in [-0.3, -0.25) is 4.79 Å². The molecule has 2 atom stereocenters. The van der Waals surface area contributed by atoms with Crippen LogP contribution in [0.15, 0.2) is 54.6 Å².